The van der Waals surface area contributed by atoms with Crippen LogP contribution in [-0.4, -0.2) is 48.3 Å². The number of hydrogen-bond acceptors (Lipinski definition) is 5. The summed E-state index contributed by atoms with van der Waals surface area (Å²) in [4.78, 5) is 26.6. The second kappa shape index (κ2) is 8.28. The van der Waals surface area contributed by atoms with Crippen molar-refractivity contribution >= 4 is 22.7 Å². The molecule has 1 aliphatic rings. The van der Waals surface area contributed by atoms with Crippen LogP contribution >= 0.6 is 0 Å². The van der Waals surface area contributed by atoms with Crippen LogP contribution < -0.4 is 14.8 Å². The van der Waals surface area contributed by atoms with Gasteiger partial charge in [-0.1, -0.05) is 42.5 Å². The van der Waals surface area contributed by atoms with Gasteiger partial charge in [-0.3, -0.25) is 9.69 Å². The minimum Gasteiger partial charge on any atom is -0.497 e. The molecule has 4 rings (SSSR count). The molecule has 1 aliphatic heterocycles. The molecule has 3 aromatic carbocycles. The first-order valence-corrected chi connectivity index (χ1v) is 9.99. The summed E-state index contributed by atoms with van der Waals surface area (Å²) in [6, 6.07) is 20.0. The fraction of sp³-hybridized carbons (Fsp3) is 0.250. The highest BCUT2D eigenvalue weighted by molar-refractivity contribution is 6.07. The van der Waals surface area contributed by atoms with E-state index in [0.717, 1.165) is 15.7 Å². The Hall–Kier alpha value is -3.58. The number of carbonyl (C=O) groups excluding carboxylic acids is 2. The maximum absolute atomic E-state index is 13.0. The Labute approximate surface area is 180 Å². The fourth-order valence-corrected chi connectivity index (χ4v) is 3.71. The lowest BCUT2D eigenvalue weighted by Crippen LogP contribution is -2.42. The zero-order valence-electron chi connectivity index (χ0n) is 17.4. The van der Waals surface area contributed by atoms with Crippen molar-refractivity contribution in [2.24, 2.45) is 0 Å². The van der Waals surface area contributed by atoms with Crippen molar-refractivity contribution in [1.29, 1.82) is 0 Å². The first-order chi connectivity index (χ1) is 14.9. The summed E-state index contributed by atoms with van der Waals surface area (Å²) in [6.07, 6.45) is -1.03. The van der Waals surface area contributed by atoms with Crippen molar-refractivity contribution in [2.75, 3.05) is 20.3 Å². The molecular formula is C24H24N2O5. The maximum Gasteiger partial charge on any atom is 0.325 e. The molecule has 3 aromatic rings. The van der Waals surface area contributed by atoms with Gasteiger partial charge in [0, 0.05) is 0 Å². The second-order valence-corrected chi connectivity index (χ2v) is 7.68. The van der Waals surface area contributed by atoms with Gasteiger partial charge in [-0.2, -0.15) is 0 Å². The molecule has 160 valence electrons. The monoisotopic (exact) mass is 420 g/mol. The van der Waals surface area contributed by atoms with Gasteiger partial charge in [-0.15, -0.1) is 0 Å². The van der Waals surface area contributed by atoms with Crippen molar-refractivity contribution in [3.05, 3.63) is 72.3 Å². The summed E-state index contributed by atoms with van der Waals surface area (Å²) >= 11 is 0. The third-order valence-electron chi connectivity index (χ3n) is 5.48. The van der Waals surface area contributed by atoms with Crippen molar-refractivity contribution in [1.82, 2.24) is 10.2 Å². The normalized spacial score (nSPS) is 19.4. The van der Waals surface area contributed by atoms with E-state index in [9.17, 15) is 14.7 Å². The largest absolute Gasteiger partial charge is 0.497 e. The third kappa shape index (κ3) is 4.04. The number of aliphatic hydroxyl groups excluding tert-OH is 1. The quantitative estimate of drug-likeness (QED) is 0.574. The number of imide groups is 1. The lowest BCUT2D eigenvalue weighted by molar-refractivity contribution is -0.132. The van der Waals surface area contributed by atoms with Gasteiger partial charge in [0.2, 0.25) is 0 Å². The molecule has 7 heteroatoms. The van der Waals surface area contributed by atoms with Crippen molar-refractivity contribution < 1.29 is 24.2 Å². The number of carbonyl (C=O) groups is 2. The molecule has 0 radical (unpaired) electrons. The number of rotatable bonds is 7. The predicted molar refractivity (Wildman–Crippen MR) is 116 cm³/mol. The van der Waals surface area contributed by atoms with Crippen LogP contribution in [0.4, 0.5) is 4.79 Å². The number of amides is 3. The van der Waals surface area contributed by atoms with Crippen LogP contribution in [0.3, 0.4) is 0 Å². The van der Waals surface area contributed by atoms with E-state index in [4.69, 9.17) is 9.47 Å². The Morgan fingerprint density at radius 1 is 1.00 bits per heavy atom. The molecule has 1 heterocycles. The zero-order valence-corrected chi connectivity index (χ0v) is 17.4. The fourth-order valence-electron chi connectivity index (χ4n) is 3.71. The van der Waals surface area contributed by atoms with E-state index < -0.39 is 23.6 Å². The Balaban J connectivity index is 1.42. The van der Waals surface area contributed by atoms with Gasteiger partial charge in [0.25, 0.3) is 5.91 Å². The SMILES string of the molecule is COc1cccc(C2(C)NC(=O)N(CC(O)COc3ccc4ccccc4c3)C2=O)c1. The highest BCUT2D eigenvalue weighted by atomic mass is 16.5. The number of nitrogens with one attached hydrogen (secondary N) is 1. The molecule has 2 atom stereocenters. The Kier molecular flexibility index (Phi) is 5.52. The molecule has 0 saturated carbocycles. The van der Waals surface area contributed by atoms with Crippen LogP contribution in [0.5, 0.6) is 11.5 Å². The molecule has 7 nitrogen and oxygen atoms in total. The smallest absolute Gasteiger partial charge is 0.325 e. The summed E-state index contributed by atoms with van der Waals surface area (Å²) in [5.74, 6) is 0.759. The molecule has 2 unspecified atom stereocenters. The van der Waals surface area contributed by atoms with Crippen LogP contribution in [0.1, 0.15) is 12.5 Å². The van der Waals surface area contributed by atoms with Gasteiger partial charge in [0.15, 0.2) is 0 Å². The maximum atomic E-state index is 13.0. The number of benzene rings is 3. The molecular weight excluding hydrogens is 396 g/mol. The first kappa shape index (κ1) is 20.7. The molecule has 3 amide bonds. The number of aliphatic hydroxyl groups is 1. The van der Waals surface area contributed by atoms with E-state index in [2.05, 4.69) is 5.32 Å². The van der Waals surface area contributed by atoms with Crippen LogP contribution in [0.2, 0.25) is 0 Å². The molecule has 31 heavy (non-hydrogen) atoms. The average Bonchev–Trinajstić information content (AvgIpc) is 3.01. The summed E-state index contributed by atoms with van der Waals surface area (Å²) in [5.41, 5.74) is -0.625. The van der Waals surface area contributed by atoms with Gasteiger partial charge in [0.1, 0.15) is 29.7 Å². The van der Waals surface area contributed by atoms with Crippen molar-refractivity contribution in [3.8, 4) is 11.5 Å². The number of fused-ring (bicyclic) bond motifs is 1. The average molecular weight is 420 g/mol. The number of methoxy groups -OCH3 is 1. The lowest BCUT2D eigenvalue weighted by atomic mass is 9.92. The Morgan fingerprint density at radius 2 is 1.77 bits per heavy atom. The van der Waals surface area contributed by atoms with E-state index in [1.807, 2.05) is 42.5 Å². The van der Waals surface area contributed by atoms with E-state index in [0.29, 0.717) is 17.1 Å². The van der Waals surface area contributed by atoms with E-state index >= 15 is 0 Å². The number of β-amino-alcohol motifs (C(OH)–C–C–N with tert-alkyl or cyclic N) is 1. The standard InChI is InChI=1S/C24H24N2O5/c1-24(18-8-5-9-20(13-18)30-2)22(28)26(23(29)25-24)14-19(27)15-31-21-11-10-16-6-3-4-7-17(16)12-21/h3-13,19,27H,14-15H2,1-2H3,(H,25,29). The minimum absolute atomic E-state index is 0.0503. The third-order valence-corrected chi connectivity index (χ3v) is 5.48. The van der Waals surface area contributed by atoms with Gasteiger partial charge in [-0.05, 0) is 47.5 Å². The Bertz CT molecular complexity index is 1130. The number of ether oxygens (including phenoxy) is 2. The molecule has 0 aliphatic carbocycles. The predicted octanol–water partition coefficient (Wildman–Crippen LogP) is 3.06. The van der Waals surface area contributed by atoms with Crippen LogP contribution in [0.25, 0.3) is 10.8 Å². The summed E-state index contributed by atoms with van der Waals surface area (Å²) in [5, 5.41) is 15.3. The van der Waals surface area contributed by atoms with Crippen molar-refractivity contribution in [2.45, 2.75) is 18.6 Å². The van der Waals surface area contributed by atoms with Crippen LogP contribution in [0.15, 0.2) is 66.7 Å². The lowest BCUT2D eigenvalue weighted by Gasteiger charge is -2.23. The van der Waals surface area contributed by atoms with Gasteiger partial charge in [0.05, 0.1) is 13.7 Å². The van der Waals surface area contributed by atoms with Crippen LogP contribution in [0, 0.1) is 0 Å². The van der Waals surface area contributed by atoms with E-state index in [-0.39, 0.29) is 13.2 Å². The zero-order chi connectivity index (χ0) is 22.0. The molecule has 0 aromatic heterocycles. The van der Waals surface area contributed by atoms with E-state index in [1.54, 1.807) is 31.2 Å². The molecule has 1 fully saturated rings. The van der Waals surface area contributed by atoms with Crippen molar-refractivity contribution in [3.63, 3.8) is 0 Å². The summed E-state index contributed by atoms with van der Waals surface area (Å²) in [7, 11) is 1.54. The Morgan fingerprint density at radius 3 is 2.55 bits per heavy atom. The van der Waals surface area contributed by atoms with Gasteiger partial charge in [-0.25, -0.2) is 4.79 Å². The van der Waals surface area contributed by atoms with Gasteiger partial charge >= 0.3 is 6.03 Å². The highest BCUT2D eigenvalue weighted by Gasteiger charge is 2.49. The summed E-state index contributed by atoms with van der Waals surface area (Å²) in [6.45, 7) is 1.42. The second-order valence-electron chi connectivity index (χ2n) is 7.68. The molecule has 0 bridgehead atoms. The molecule has 2 N–H and O–H groups in total. The number of hydrogen-bond donors (Lipinski definition) is 2. The molecule has 1 saturated heterocycles. The highest BCUT2D eigenvalue weighted by Crippen LogP contribution is 2.31. The topological polar surface area (TPSA) is 88.1 Å². The molecule has 0 spiro atoms. The van der Waals surface area contributed by atoms with Crippen LogP contribution in [-0.2, 0) is 10.3 Å². The minimum atomic E-state index is -1.23. The number of nitrogens with zero attached hydrogens (tertiary/aromatic N) is 1. The first-order valence-electron chi connectivity index (χ1n) is 9.99. The number of urea groups is 1. The van der Waals surface area contributed by atoms with Gasteiger partial charge < -0.3 is 19.9 Å². The van der Waals surface area contributed by atoms with E-state index in [1.165, 1.54) is 7.11 Å². The summed E-state index contributed by atoms with van der Waals surface area (Å²) < 4.78 is 10.9.